The van der Waals surface area contributed by atoms with Crippen LogP contribution in [-0.2, 0) is 0 Å². The van der Waals surface area contributed by atoms with Crippen LogP contribution >= 0.6 is 0 Å². The highest BCUT2D eigenvalue weighted by molar-refractivity contribution is 6.15. The predicted molar refractivity (Wildman–Crippen MR) is 113 cm³/mol. The van der Waals surface area contributed by atoms with Crippen molar-refractivity contribution in [2.24, 2.45) is 0 Å². The van der Waals surface area contributed by atoms with Crippen molar-refractivity contribution >= 4 is 23.1 Å². The number of aromatic carboxylic acids is 1. The van der Waals surface area contributed by atoms with E-state index in [2.05, 4.69) is 11.8 Å². The summed E-state index contributed by atoms with van der Waals surface area (Å²) < 4.78 is 0. The second-order valence-electron chi connectivity index (χ2n) is 6.87. The largest absolute Gasteiger partial charge is 0.507 e. The zero-order valence-corrected chi connectivity index (χ0v) is 16.4. The molecular weight excluding hydrogens is 366 g/mol. The fraction of sp³-hybridized carbons (Fsp3) is 0.167. The second-order valence-corrected chi connectivity index (χ2v) is 6.87. The Bertz CT molecular complexity index is 1040. The van der Waals surface area contributed by atoms with Gasteiger partial charge in [-0.1, -0.05) is 42.8 Å². The smallest absolute Gasteiger partial charge is 0.336 e. The van der Waals surface area contributed by atoms with Crippen LogP contribution in [0.4, 0.5) is 11.4 Å². The number of hydrogen-bond donors (Lipinski definition) is 2. The van der Waals surface area contributed by atoms with Gasteiger partial charge < -0.3 is 15.1 Å². The number of rotatable bonds is 7. The van der Waals surface area contributed by atoms with E-state index in [1.165, 1.54) is 12.1 Å². The third-order valence-electron chi connectivity index (χ3n) is 4.73. The molecule has 0 atom stereocenters. The van der Waals surface area contributed by atoms with Gasteiger partial charge in [0.2, 0.25) is 0 Å². The number of carboxylic acid groups (broad SMARTS) is 1. The van der Waals surface area contributed by atoms with Crippen molar-refractivity contribution in [2.75, 3.05) is 11.4 Å². The van der Waals surface area contributed by atoms with E-state index in [4.69, 9.17) is 0 Å². The van der Waals surface area contributed by atoms with E-state index in [0.717, 1.165) is 29.9 Å². The van der Waals surface area contributed by atoms with E-state index in [-0.39, 0.29) is 22.4 Å². The third-order valence-corrected chi connectivity index (χ3v) is 4.73. The van der Waals surface area contributed by atoms with Crippen LogP contribution in [0.1, 0.15) is 45.2 Å². The van der Waals surface area contributed by atoms with Crippen LogP contribution in [-0.4, -0.2) is 28.5 Å². The number of hydrogen-bond acceptors (Lipinski definition) is 4. The number of ketones is 1. The van der Waals surface area contributed by atoms with Gasteiger partial charge in [-0.05, 0) is 43.7 Å². The fourth-order valence-corrected chi connectivity index (χ4v) is 3.25. The van der Waals surface area contributed by atoms with E-state index >= 15 is 0 Å². The Kier molecular flexibility index (Phi) is 5.98. The number of phenolic OH excluding ortho intramolecular Hbond substituents is 1. The number of carbonyl (C=O) groups is 2. The summed E-state index contributed by atoms with van der Waals surface area (Å²) in [5.74, 6) is -1.89. The molecule has 0 bridgehead atoms. The van der Waals surface area contributed by atoms with Gasteiger partial charge in [0, 0.05) is 29.5 Å². The summed E-state index contributed by atoms with van der Waals surface area (Å²) in [7, 11) is 0. The van der Waals surface area contributed by atoms with Crippen molar-refractivity contribution in [1.29, 1.82) is 0 Å². The Hall–Kier alpha value is -3.60. The quantitative estimate of drug-likeness (QED) is 0.545. The normalized spacial score (nSPS) is 10.6. The molecule has 29 heavy (non-hydrogen) atoms. The van der Waals surface area contributed by atoms with Crippen molar-refractivity contribution in [3.8, 4) is 5.75 Å². The number of anilines is 2. The van der Waals surface area contributed by atoms with Crippen molar-refractivity contribution in [3.63, 3.8) is 0 Å². The number of nitrogens with zero attached hydrogens (tertiary/aromatic N) is 1. The molecule has 0 heterocycles. The first-order valence-electron chi connectivity index (χ1n) is 9.46. The molecule has 2 N–H and O–H groups in total. The van der Waals surface area contributed by atoms with Crippen LogP contribution in [0.5, 0.6) is 5.75 Å². The molecule has 3 aromatic rings. The standard InChI is InChI=1S/C24H23NO4/c1-3-14-25(17-10-8-16(2)9-11-17)18-12-13-21(22(26)15-18)23(27)19-6-4-5-7-20(19)24(28)29/h4-13,15,26H,3,14H2,1-2H3,(H,28,29). The van der Waals surface area contributed by atoms with Crippen LogP contribution < -0.4 is 4.90 Å². The van der Waals surface area contributed by atoms with Crippen molar-refractivity contribution < 1.29 is 19.8 Å². The Labute approximate surface area is 169 Å². The number of aromatic hydroxyl groups is 1. The van der Waals surface area contributed by atoms with E-state index in [1.54, 1.807) is 30.3 Å². The van der Waals surface area contributed by atoms with E-state index < -0.39 is 11.8 Å². The van der Waals surface area contributed by atoms with Gasteiger partial charge in [0.25, 0.3) is 0 Å². The molecule has 0 spiro atoms. The molecule has 148 valence electrons. The van der Waals surface area contributed by atoms with Gasteiger partial charge in [-0.25, -0.2) is 4.79 Å². The molecule has 0 amide bonds. The Morgan fingerprint density at radius 2 is 1.48 bits per heavy atom. The van der Waals surface area contributed by atoms with Gasteiger partial charge in [-0.15, -0.1) is 0 Å². The predicted octanol–water partition coefficient (Wildman–Crippen LogP) is 5.18. The van der Waals surface area contributed by atoms with E-state index in [1.807, 2.05) is 31.2 Å². The lowest BCUT2D eigenvalue weighted by molar-refractivity contribution is 0.0692. The molecule has 3 rings (SSSR count). The minimum atomic E-state index is -1.18. The average Bonchev–Trinajstić information content (AvgIpc) is 2.72. The highest BCUT2D eigenvalue weighted by atomic mass is 16.4. The molecule has 0 aliphatic carbocycles. The molecule has 0 fully saturated rings. The summed E-state index contributed by atoms with van der Waals surface area (Å²) in [5.41, 5.74) is 2.94. The topological polar surface area (TPSA) is 77.8 Å². The molecule has 5 nitrogen and oxygen atoms in total. The summed E-state index contributed by atoms with van der Waals surface area (Å²) >= 11 is 0. The van der Waals surface area contributed by atoms with Crippen molar-refractivity contribution in [1.82, 2.24) is 0 Å². The van der Waals surface area contributed by atoms with Gasteiger partial charge in [0.05, 0.1) is 11.1 Å². The van der Waals surface area contributed by atoms with E-state index in [9.17, 15) is 19.8 Å². The summed E-state index contributed by atoms with van der Waals surface area (Å²) in [6.45, 7) is 4.84. The zero-order chi connectivity index (χ0) is 21.0. The Balaban J connectivity index is 1.98. The first kappa shape index (κ1) is 20.1. The maximum Gasteiger partial charge on any atom is 0.336 e. The van der Waals surface area contributed by atoms with E-state index in [0.29, 0.717) is 0 Å². The molecule has 0 aromatic heterocycles. The lowest BCUT2D eigenvalue weighted by atomic mass is 9.97. The summed E-state index contributed by atoms with van der Waals surface area (Å²) in [5, 5.41) is 19.9. The molecule has 3 aromatic carbocycles. The first-order chi connectivity index (χ1) is 13.9. The van der Waals surface area contributed by atoms with Gasteiger partial charge in [0.1, 0.15) is 5.75 Å². The Morgan fingerprint density at radius 1 is 0.862 bits per heavy atom. The lowest BCUT2D eigenvalue weighted by Crippen LogP contribution is -2.18. The minimum Gasteiger partial charge on any atom is -0.507 e. The number of carbonyl (C=O) groups excluding carboxylic acids is 1. The molecule has 0 saturated carbocycles. The van der Waals surface area contributed by atoms with Gasteiger partial charge >= 0.3 is 5.97 Å². The number of carboxylic acids is 1. The van der Waals surface area contributed by atoms with Crippen LogP contribution in [0.2, 0.25) is 0 Å². The summed E-state index contributed by atoms with van der Waals surface area (Å²) in [6.07, 6.45) is 0.904. The molecule has 0 unspecified atom stereocenters. The number of benzene rings is 3. The SMILES string of the molecule is CCCN(c1ccc(C)cc1)c1ccc(C(=O)c2ccccc2C(=O)O)c(O)c1. The molecular formula is C24H23NO4. The van der Waals surface area contributed by atoms with Crippen molar-refractivity contribution in [3.05, 3.63) is 89.0 Å². The monoisotopic (exact) mass is 389 g/mol. The van der Waals surface area contributed by atoms with Gasteiger partial charge in [-0.2, -0.15) is 0 Å². The Morgan fingerprint density at radius 3 is 2.07 bits per heavy atom. The highest BCUT2D eigenvalue weighted by Crippen LogP contribution is 2.32. The van der Waals surface area contributed by atoms with Crippen LogP contribution in [0.15, 0.2) is 66.7 Å². The third kappa shape index (κ3) is 4.29. The van der Waals surface area contributed by atoms with Crippen molar-refractivity contribution in [2.45, 2.75) is 20.3 Å². The van der Waals surface area contributed by atoms with Gasteiger partial charge in [-0.3, -0.25) is 4.79 Å². The summed E-state index contributed by atoms with van der Waals surface area (Å²) in [4.78, 5) is 26.4. The molecule has 0 aliphatic heterocycles. The first-order valence-corrected chi connectivity index (χ1v) is 9.46. The van der Waals surface area contributed by atoms with Gasteiger partial charge in [0.15, 0.2) is 5.78 Å². The van der Waals surface area contributed by atoms with Crippen LogP contribution in [0.25, 0.3) is 0 Å². The zero-order valence-electron chi connectivity index (χ0n) is 16.4. The molecule has 0 radical (unpaired) electrons. The molecule has 5 heteroatoms. The summed E-state index contributed by atoms with van der Waals surface area (Å²) in [6, 6.07) is 18.9. The molecule has 0 aliphatic rings. The fourth-order valence-electron chi connectivity index (χ4n) is 3.25. The lowest BCUT2D eigenvalue weighted by Gasteiger charge is -2.25. The van der Waals surface area contributed by atoms with Crippen LogP contribution in [0.3, 0.4) is 0 Å². The minimum absolute atomic E-state index is 0.0481. The second kappa shape index (κ2) is 8.61. The highest BCUT2D eigenvalue weighted by Gasteiger charge is 2.21. The average molecular weight is 389 g/mol. The number of aryl methyl sites for hydroxylation is 1. The van der Waals surface area contributed by atoms with Crippen LogP contribution in [0, 0.1) is 6.92 Å². The maximum absolute atomic E-state index is 12.9. The molecule has 0 saturated heterocycles. The number of phenols is 1. The maximum atomic E-state index is 12.9.